The normalized spacial score (nSPS) is 18.1. The summed E-state index contributed by atoms with van der Waals surface area (Å²) in [6.07, 6.45) is 0.828. The highest BCUT2D eigenvalue weighted by Crippen LogP contribution is 2.31. The predicted molar refractivity (Wildman–Crippen MR) is 122 cm³/mol. The first-order valence-electron chi connectivity index (χ1n) is 10.7. The molecule has 0 aromatic heterocycles. The van der Waals surface area contributed by atoms with Crippen LogP contribution < -0.4 is 9.64 Å². The number of nitro groups is 1. The first-order chi connectivity index (χ1) is 15.7. The number of amides is 1. The summed E-state index contributed by atoms with van der Waals surface area (Å²) in [7, 11) is -2.63. The number of para-hydroxylation sites is 1. The number of piperazine rings is 1. The second kappa shape index (κ2) is 9.08. The Hall–Kier alpha value is -3.02. The van der Waals surface area contributed by atoms with Gasteiger partial charge >= 0.3 is 5.69 Å². The van der Waals surface area contributed by atoms with Crippen molar-refractivity contribution in [3.63, 3.8) is 0 Å². The number of hydrogen-bond acceptors (Lipinski definition) is 7. The topological polar surface area (TPSA) is 113 Å². The van der Waals surface area contributed by atoms with Crippen molar-refractivity contribution < 1.29 is 22.9 Å². The Morgan fingerprint density at radius 3 is 2.45 bits per heavy atom. The molecule has 0 radical (unpaired) electrons. The Morgan fingerprint density at radius 1 is 1.09 bits per heavy atom. The fraction of sp³-hybridized carbons (Fsp3) is 0.409. The molecule has 4 rings (SSSR count). The Balaban J connectivity index is 1.44. The molecule has 1 atom stereocenters. The van der Waals surface area contributed by atoms with E-state index in [0.717, 1.165) is 23.7 Å². The third kappa shape index (κ3) is 4.31. The number of carbonyl (C=O) groups excluding carboxylic acids is 1. The molecule has 2 aliphatic rings. The van der Waals surface area contributed by atoms with Gasteiger partial charge in [0.2, 0.25) is 15.9 Å². The van der Waals surface area contributed by atoms with Crippen LogP contribution in [0.1, 0.15) is 12.5 Å². The number of fused-ring (bicyclic) bond motifs is 1. The van der Waals surface area contributed by atoms with Crippen molar-refractivity contribution in [3.8, 4) is 5.75 Å². The molecule has 0 saturated carbocycles. The maximum Gasteiger partial charge on any atom is 0.312 e. The second-order valence-corrected chi connectivity index (χ2v) is 10.0. The van der Waals surface area contributed by atoms with Crippen LogP contribution in [0.2, 0.25) is 0 Å². The number of nitro benzene ring substituents is 1. The van der Waals surface area contributed by atoms with Gasteiger partial charge in [-0.2, -0.15) is 4.31 Å². The molecule has 0 aliphatic carbocycles. The van der Waals surface area contributed by atoms with Gasteiger partial charge in [0.1, 0.15) is 0 Å². The lowest BCUT2D eigenvalue weighted by Crippen LogP contribution is -2.55. The van der Waals surface area contributed by atoms with Crippen molar-refractivity contribution in [1.82, 2.24) is 9.21 Å². The number of rotatable bonds is 6. The molecule has 0 bridgehead atoms. The van der Waals surface area contributed by atoms with Gasteiger partial charge in [0.15, 0.2) is 5.75 Å². The molecule has 10 nitrogen and oxygen atoms in total. The highest BCUT2D eigenvalue weighted by molar-refractivity contribution is 7.89. The van der Waals surface area contributed by atoms with Crippen LogP contribution in [0.3, 0.4) is 0 Å². The molecule has 2 aliphatic heterocycles. The minimum Gasteiger partial charge on any atom is -0.490 e. The number of nitrogens with zero attached hydrogens (tertiary/aromatic N) is 4. The van der Waals surface area contributed by atoms with Crippen LogP contribution in [0.4, 0.5) is 11.4 Å². The smallest absolute Gasteiger partial charge is 0.312 e. The van der Waals surface area contributed by atoms with E-state index >= 15 is 0 Å². The van der Waals surface area contributed by atoms with E-state index in [1.807, 2.05) is 36.1 Å². The largest absolute Gasteiger partial charge is 0.490 e. The molecule has 1 unspecified atom stereocenters. The number of sulfonamides is 1. The van der Waals surface area contributed by atoms with Crippen molar-refractivity contribution in [2.75, 3.05) is 44.7 Å². The van der Waals surface area contributed by atoms with Gasteiger partial charge in [-0.1, -0.05) is 18.2 Å². The first-order valence-corrected chi connectivity index (χ1v) is 12.1. The van der Waals surface area contributed by atoms with E-state index in [1.54, 1.807) is 4.90 Å². The van der Waals surface area contributed by atoms with Gasteiger partial charge in [-0.3, -0.25) is 19.8 Å². The summed E-state index contributed by atoms with van der Waals surface area (Å²) in [4.78, 5) is 27.4. The number of anilines is 1. The lowest BCUT2D eigenvalue weighted by Gasteiger charge is -2.37. The number of methoxy groups -OCH3 is 1. The lowest BCUT2D eigenvalue weighted by molar-refractivity contribution is -0.386. The maximum atomic E-state index is 13.1. The number of hydrogen-bond donors (Lipinski definition) is 0. The molecule has 2 aromatic carbocycles. The summed E-state index contributed by atoms with van der Waals surface area (Å²) in [6, 6.07) is 11.1. The average Bonchev–Trinajstić information content (AvgIpc) is 3.27. The van der Waals surface area contributed by atoms with Crippen molar-refractivity contribution >= 4 is 27.3 Å². The van der Waals surface area contributed by atoms with Crippen molar-refractivity contribution in [1.29, 1.82) is 0 Å². The SMILES string of the molecule is COc1ccc(S(=O)(=O)N2CCN(C(C)C(=O)N3CCc4ccccc43)CC2)cc1[N+](=O)[O-]. The zero-order valence-electron chi connectivity index (χ0n) is 18.5. The Bertz CT molecular complexity index is 1180. The van der Waals surface area contributed by atoms with Gasteiger partial charge in [0.05, 0.1) is 23.0 Å². The van der Waals surface area contributed by atoms with Gasteiger partial charge in [-0.25, -0.2) is 8.42 Å². The molecule has 0 N–H and O–H groups in total. The van der Waals surface area contributed by atoms with E-state index in [2.05, 4.69) is 0 Å². The quantitative estimate of drug-likeness (QED) is 0.464. The summed E-state index contributed by atoms with van der Waals surface area (Å²) in [5, 5.41) is 11.3. The van der Waals surface area contributed by atoms with Crippen LogP contribution in [0, 0.1) is 10.1 Å². The van der Waals surface area contributed by atoms with Crippen LogP contribution in [-0.4, -0.2) is 74.3 Å². The van der Waals surface area contributed by atoms with Gasteiger partial charge < -0.3 is 9.64 Å². The molecule has 1 fully saturated rings. The van der Waals surface area contributed by atoms with Crippen molar-refractivity contribution in [2.45, 2.75) is 24.3 Å². The molecule has 0 spiro atoms. The molecule has 176 valence electrons. The third-order valence-electron chi connectivity index (χ3n) is 6.32. The Kier molecular flexibility index (Phi) is 6.37. The van der Waals surface area contributed by atoms with Gasteiger partial charge in [-0.05, 0) is 37.1 Å². The minimum atomic E-state index is -3.92. The standard InChI is InChI=1S/C22H26N4O6S/c1-16(22(27)25-10-9-17-5-3-4-6-19(17)25)23-11-13-24(14-12-23)33(30,31)18-7-8-21(32-2)20(15-18)26(28)29/h3-8,15-16H,9-14H2,1-2H3. The number of carbonyl (C=O) groups is 1. The summed E-state index contributed by atoms with van der Waals surface area (Å²) < 4.78 is 32.4. The van der Waals surface area contributed by atoms with E-state index in [4.69, 9.17) is 4.74 Å². The number of benzene rings is 2. The van der Waals surface area contributed by atoms with Crippen LogP contribution in [0.15, 0.2) is 47.4 Å². The zero-order valence-corrected chi connectivity index (χ0v) is 19.3. The fourth-order valence-corrected chi connectivity index (χ4v) is 5.84. The first kappa shape index (κ1) is 23.1. The molecular formula is C22H26N4O6S. The Labute approximate surface area is 192 Å². The summed E-state index contributed by atoms with van der Waals surface area (Å²) in [5.74, 6) is 0.00151. The molecule has 11 heteroatoms. The highest BCUT2D eigenvalue weighted by Gasteiger charge is 2.35. The Morgan fingerprint density at radius 2 is 1.79 bits per heavy atom. The molecular weight excluding hydrogens is 448 g/mol. The monoisotopic (exact) mass is 474 g/mol. The van der Waals surface area contributed by atoms with Gasteiger partial charge in [0, 0.05) is 44.5 Å². The molecule has 1 saturated heterocycles. The van der Waals surface area contributed by atoms with Crippen LogP contribution in [0.25, 0.3) is 0 Å². The second-order valence-electron chi connectivity index (χ2n) is 8.08. The van der Waals surface area contributed by atoms with E-state index in [1.165, 1.54) is 23.5 Å². The summed E-state index contributed by atoms with van der Waals surface area (Å²) in [6.45, 7) is 3.65. The molecule has 1 amide bonds. The van der Waals surface area contributed by atoms with Gasteiger partial charge in [0.25, 0.3) is 0 Å². The summed E-state index contributed by atoms with van der Waals surface area (Å²) >= 11 is 0. The highest BCUT2D eigenvalue weighted by atomic mass is 32.2. The van der Waals surface area contributed by atoms with E-state index in [0.29, 0.717) is 19.6 Å². The van der Waals surface area contributed by atoms with E-state index in [9.17, 15) is 23.3 Å². The minimum absolute atomic E-state index is 0.000377. The maximum absolute atomic E-state index is 13.1. The van der Waals surface area contributed by atoms with E-state index < -0.39 is 20.6 Å². The number of ether oxygens (including phenoxy) is 1. The third-order valence-corrected chi connectivity index (χ3v) is 8.21. The van der Waals surface area contributed by atoms with Gasteiger partial charge in [-0.15, -0.1) is 0 Å². The van der Waals surface area contributed by atoms with E-state index in [-0.39, 0.29) is 35.7 Å². The van der Waals surface area contributed by atoms with Crippen LogP contribution in [0.5, 0.6) is 5.75 Å². The molecule has 2 heterocycles. The predicted octanol–water partition coefficient (Wildman–Crippen LogP) is 1.89. The van der Waals surface area contributed by atoms with Crippen molar-refractivity contribution in [3.05, 3.63) is 58.1 Å². The van der Waals surface area contributed by atoms with Crippen molar-refractivity contribution in [2.24, 2.45) is 0 Å². The molecule has 2 aromatic rings. The fourth-order valence-electron chi connectivity index (χ4n) is 4.40. The van der Waals surface area contributed by atoms with Crippen LogP contribution >= 0.6 is 0 Å². The average molecular weight is 475 g/mol. The zero-order chi connectivity index (χ0) is 23.8. The van der Waals surface area contributed by atoms with Crippen LogP contribution in [-0.2, 0) is 21.2 Å². The lowest BCUT2D eigenvalue weighted by atomic mass is 10.1. The molecule has 33 heavy (non-hydrogen) atoms. The summed E-state index contributed by atoms with van der Waals surface area (Å²) in [5.41, 5.74) is 1.70.